The fraction of sp³-hybridized carbons (Fsp3) is 0.120. The molecule has 178 valence electrons. The Bertz CT molecular complexity index is 1320. The zero-order valence-electron chi connectivity index (χ0n) is 18.3. The minimum Gasteiger partial charge on any atom is -0.496 e. The van der Waals surface area contributed by atoms with Gasteiger partial charge in [-0.05, 0) is 42.0 Å². The molecular weight excluding hydrogens is 462 g/mol. The summed E-state index contributed by atoms with van der Waals surface area (Å²) in [7, 11) is 1.33. The van der Waals surface area contributed by atoms with Crippen LogP contribution in [0, 0.1) is 11.6 Å². The second kappa shape index (κ2) is 9.72. The summed E-state index contributed by atoms with van der Waals surface area (Å²) in [5.74, 6) is -4.19. The van der Waals surface area contributed by atoms with Crippen LogP contribution in [0.5, 0.6) is 5.75 Å². The highest BCUT2D eigenvalue weighted by Gasteiger charge is 2.35. The number of halogens is 2. The summed E-state index contributed by atoms with van der Waals surface area (Å²) in [5, 5.41) is 2.12. The van der Waals surface area contributed by atoms with E-state index >= 15 is 0 Å². The Hall–Kier alpha value is -4.60. The molecular formula is C25H18F2N2O6. The predicted octanol–water partition coefficient (Wildman–Crippen LogP) is 3.57. The minimum absolute atomic E-state index is 0.0497. The Balaban J connectivity index is 1.45. The van der Waals surface area contributed by atoms with Gasteiger partial charge in [-0.25, -0.2) is 13.6 Å². The number of fused-ring (bicyclic) bond motifs is 1. The molecule has 0 aliphatic carbocycles. The van der Waals surface area contributed by atoms with Crippen LogP contribution >= 0.6 is 0 Å². The van der Waals surface area contributed by atoms with E-state index in [-0.39, 0.29) is 17.9 Å². The number of anilines is 1. The van der Waals surface area contributed by atoms with Crippen molar-refractivity contribution in [1.29, 1.82) is 0 Å². The lowest BCUT2D eigenvalue weighted by atomic mass is 10.1. The van der Waals surface area contributed by atoms with E-state index in [1.54, 1.807) is 30.3 Å². The maximum absolute atomic E-state index is 13.7. The molecule has 0 bridgehead atoms. The number of rotatable bonds is 7. The maximum Gasteiger partial charge on any atom is 0.342 e. The Morgan fingerprint density at radius 2 is 1.63 bits per heavy atom. The first-order valence-corrected chi connectivity index (χ1v) is 10.3. The van der Waals surface area contributed by atoms with E-state index in [1.165, 1.54) is 19.2 Å². The van der Waals surface area contributed by atoms with E-state index in [0.717, 1.165) is 23.1 Å². The number of nitrogens with one attached hydrogen (secondary N) is 1. The lowest BCUT2D eigenvalue weighted by molar-refractivity contribution is -0.119. The molecule has 10 heteroatoms. The molecule has 0 saturated carbocycles. The molecule has 0 atom stereocenters. The fourth-order valence-electron chi connectivity index (χ4n) is 3.57. The van der Waals surface area contributed by atoms with E-state index in [0.29, 0.717) is 16.7 Å². The monoisotopic (exact) mass is 480 g/mol. The molecule has 4 rings (SSSR count). The summed E-state index contributed by atoms with van der Waals surface area (Å²) in [6.07, 6.45) is 0. The predicted molar refractivity (Wildman–Crippen MR) is 119 cm³/mol. The molecule has 0 saturated heterocycles. The third-order valence-corrected chi connectivity index (χ3v) is 5.24. The lowest BCUT2D eigenvalue weighted by Crippen LogP contribution is -2.29. The van der Waals surface area contributed by atoms with Crippen molar-refractivity contribution < 1.29 is 37.4 Å². The number of benzene rings is 3. The van der Waals surface area contributed by atoms with E-state index in [2.05, 4.69) is 5.32 Å². The maximum atomic E-state index is 13.7. The molecule has 1 heterocycles. The number of hydrogen-bond donors (Lipinski definition) is 1. The molecule has 1 N–H and O–H groups in total. The molecule has 8 nitrogen and oxygen atoms in total. The summed E-state index contributed by atoms with van der Waals surface area (Å²) >= 11 is 0. The molecule has 1 aliphatic heterocycles. The standard InChI is InChI=1S/C25H18F2N2O6/c1-34-21-9-6-14(12-29-23(31)16-4-2-3-5-17(16)24(29)32)10-18(21)25(33)35-13-22(30)28-20-11-15(26)7-8-19(20)27/h2-11H,12-13H2,1H3,(H,28,30). The average molecular weight is 480 g/mol. The number of ether oxygens (including phenoxy) is 2. The zero-order chi connectivity index (χ0) is 25.1. The lowest BCUT2D eigenvalue weighted by Gasteiger charge is -2.16. The van der Waals surface area contributed by atoms with Crippen molar-refractivity contribution in [2.24, 2.45) is 0 Å². The van der Waals surface area contributed by atoms with Gasteiger partial charge in [-0.15, -0.1) is 0 Å². The van der Waals surface area contributed by atoms with Crippen LogP contribution in [-0.4, -0.2) is 42.3 Å². The average Bonchev–Trinajstić information content (AvgIpc) is 3.09. The van der Waals surface area contributed by atoms with Crippen molar-refractivity contribution in [3.05, 3.63) is 94.6 Å². The first kappa shape index (κ1) is 23.6. The number of hydrogen-bond acceptors (Lipinski definition) is 6. The highest BCUT2D eigenvalue weighted by molar-refractivity contribution is 6.21. The van der Waals surface area contributed by atoms with E-state index in [4.69, 9.17) is 9.47 Å². The molecule has 0 unspecified atom stereocenters. The highest BCUT2D eigenvalue weighted by Crippen LogP contribution is 2.27. The fourth-order valence-corrected chi connectivity index (χ4v) is 3.57. The van der Waals surface area contributed by atoms with Crippen molar-refractivity contribution in [2.75, 3.05) is 19.0 Å². The van der Waals surface area contributed by atoms with Gasteiger partial charge in [0.1, 0.15) is 22.9 Å². The van der Waals surface area contributed by atoms with Gasteiger partial charge in [0, 0.05) is 6.07 Å². The van der Waals surface area contributed by atoms with Crippen molar-refractivity contribution in [1.82, 2.24) is 4.90 Å². The first-order chi connectivity index (χ1) is 16.8. The Morgan fingerprint density at radius 3 is 2.29 bits per heavy atom. The molecule has 0 fully saturated rings. The second-order valence-electron chi connectivity index (χ2n) is 7.53. The number of carbonyl (C=O) groups is 4. The summed E-state index contributed by atoms with van der Waals surface area (Å²) in [6, 6.07) is 13.4. The molecule has 1 aliphatic rings. The Labute approximate surface area is 198 Å². The topological polar surface area (TPSA) is 102 Å². The van der Waals surface area contributed by atoms with E-state index in [9.17, 15) is 28.0 Å². The zero-order valence-corrected chi connectivity index (χ0v) is 18.3. The van der Waals surface area contributed by atoms with Crippen LogP contribution in [-0.2, 0) is 16.1 Å². The molecule has 0 radical (unpaired) electrons. The summed E-state index contributed by atoms with van der Waals surface area (Å²) in [6.45, 7) is -0.878. The molecule has 0 aromatic heterocycles. The number of nitrogens with zero attached hydrogens (tertiary/aromatic N) is 1. The normalized spacial score (nSPS) is 12.4. The molecule has 0 spiro atoms. The van der Waals surface area contributed by atoms with Crippen LogP contribution in [0.25, 0.3) is 0 Å². The largest absolute Gasteiger partial charge is 0.496 e. The van der Waals surface area contributed by atoms with Crippen LogP contribution in [0.4, 0.5) is 14.5 Å². The number of amides is 3. The highest BCUT2D eigenvalue weighted by atomic mass is 19.1. The Morgan fingerprint density at radius 1 is 0.943 bits per heavy atom. The molecule has 35 heavy (non-hydrogen) atoms. The van der Waals surface area contributed by atoms with Gasteiger partial charge in [-0.2, -0.15) is 0 Å². The SMILES string of the molecule is COc1ccc(CN2C(=O)c3ccccc3C2=O)cc1C(=O)OCC(=O)Nc1cc(F)ccc1F. The quantitative estimate of drug-likeness (QED) is 0.410. The summed E-state index contributed by atoms with van der Waals surface area (Å²) in [4.78, 5) is 51.0. The minimum atomic E-state index is -0.930. The second-order valence-corrected chi connectivity index (χ2v) is 7.53. The van der Waals surface area contributed by atoms with Crippen LogP contribution in [0.1, 0.15) is 36.6 Å². The van der Waals surface area contributed by atoms with Crippen molar-refractivity contribution >= 4 is 29.4 Å². The summed E-state index contributed by atoms with van der Waals surface area (Å²) < 4.78 is 37.1. The first-order valence-electron chi connectivity index (χ1n) is 10.3. The van der Waals surface area contributed by atoms with Crippen molar-refractivity contribution in [3.63, 3.8) is 0 Å². The Kier molecular flexibility index (Phi) is 6.54. The van der Waals surface area contributed by atoms with Gasteiger partial charge in [-0.3, -0.25) is 19.3 Å². The smallest absolute Gasteiger partial charge is 0.342 e. The van der Waals surface area contributed by atoms with Gasteiger partial charge < -0.3 is 14.8 Å². The number of esters is 1. The number of imide groups is 1. The number of carbonyl (C=O) groups excluding carboxylic acids is 4. The molecule has 3 aromatic rings. The van der Waals surface area contributed by atoms with Gasteiger partial charge >= 0.3 is 5.97 Å². The number of methoxy groups -OCH3 is 1. The molecule has 3 aromatic carbocycles. The summed E-state index contributed by atoms with van der Waals surface area (Å²) in [5.41, 5.74) is 0.592. The van der Waals surface area contributed by atoms with Crippen molar-refractivity contribution in [2.45, 2.75) is 6.54 Å². The van der Waals surface area contributed by atoms with Crippen LogP contribution in [0.3, 0.4) is 0 Å². The van der Waals surface area contributed by atoms with Crippen LogP contribution in [0.15, 0.2) is 60.7 Å². The van der Waals surface area contributed by atoms with Crippen LogP contribution < -0.4 is 10.1 Å². The molecule has 3 amide bonds. The van der Waals surface area contributed by atoms with Gasteiger partial charge in [-0.1, -0.05) is 18.2 Å². The van der Waals surface area contributed by atoms with Gasteiger partial charge in [0.2, 0.25) is 0 Å². The van der Waals surface area contributed by atoms with Crippen LogP contribution in [0.2, 0.25) is 0 Å². The third-order valence-electron chi connectivity index (χ3n) is 5.24. The van der Waals surface area contributed by atoms with E-state index < -0.39 is 47.6 Å². The van der Waals surface area contributed by atoms with Gasteiger partial charge in [0.25, 0.3) is 17.7 Å². The van der Waals surface area contributed by atoms with Gasteiger partial charge in [0.05, 0.1) is 30.5 Å². The van der Waals surface area contributed by atoms with Crippen molar-refractivity contribution in [3.8, 4) is 5.75 Å². The van der Waals surface area contributed by atoms with E-state index in [1.807, 2.05) is 0 Å². The third kappa shape index (κ3) is 4.86. The van der Waals surface area contributed by atoms with Gasteiger partial charge in [0.15, 0.2) is 6.61 Å².